The van der Waals surface area contributed by atoms with Gasteiger partial charge in [-0.1, -0.05) is 23.7 Å². The Kier molecular flexibility index (Phi) is 4.80. The molecule has 106 valence electrons. The number of rotatable bonds is 4. The Hall–Kier alpha value is -1.37. The molecular weight excluding hydrogens is 348 g/mol. The van der Waals surface area contributed by atoms with Crippen LogP contribution in [0.25, 0.3) is 0 Å². The number of aliphatic hydroxyl groups excluding tert-OH is 1. The fraction of sp³-hybridized carbons (Fsp3) is 0.231. The van der Waals surface area contributed by atoms with Gasteiger partial charge >= 0.3 is 5.97 Å². The lowest BCUT2D eigenvalue weighted by Gasteiger charge is -2.11. The van der Waals surface area contributed by atoms with Crippen LogP contribution in [0.4, 0.5) is 0 Å². The molecular formula is C13H12BrClN2O3. The molecule has 0 fully saturated rings. The Morgan fingerprint density at radius 1 is 1.50 bits per heavy atom. The summed E-state index contributed by atoms with van der Waals surface area (Å²) in [6.45, 7) is 1.94. The first kappa shape index (κ1) is 15.0. The molecule has 2 N–H and O–H groups in total. The van der Waals surface area contributed by atoms with Crippen molar-refractivity contribution < 1.29 is 14.6 Å². The van der Waals surface area contributed by atoms with Gasteiger partial charge in [-0.2, -0.15) is 0 Å². The van der Waals surface area contributed by atoms with Gasteiger partial charge < -0.3 is 14.8 Å². The Morgan fingerprint density at radius 2 is 2.15 bits per heavy atom. The number of imidazole rings is 1. The second-order valence-corrected chi connectivity index (χ2v) is 5.15. The van der Waals surface area contributed by atoms with E-state index in [2.05, 4.69) is 25.9 Å². The zero-order chi connectivity index (χ0) is 14.7. The number of esters is 1. The molecule has 5 nitrogen and oxygen atoms in total. The van der Waals surface area contributed by atoms with Crippen LogP contribution in [0.2, 0.25) is 5.02 Å². The number of hydrogen-bond acceptors (Lipinski definition) is 4. The van der Waals surface area contributed by atoms with Gasteiger partial charge in [0.25, 0.3) is 0 Å². The van der Waals surface area contributed by atoms with E-state index in [1.165, 1.54) is 0 Å². The third-order valence-electron chi connectivity index (χ3n) is 2.63. The highest BCUT2D eigenvalue weighted by atomic mass is 79.9. The fourth-order valence-electron chi connectivity index (χ4n) is 1.72. The van der Waals surface area contributed by atoms with Gasteiger partial charge in [0.2, 0.25) is 0 Å². The number of hydrogen-bond donors (Lipinski definition) is 2. The molecule has 7 heteroatoms. The number of aromatic amines is 1. The summed E-state index contributed by atoms with van der Waals surface area (Å²) in [5, 5.41) is 10.9. The molecule has 2 rings (SSSR count). The third-order valence-corrected chi connectivity index (χ3v) is 3.26. The van der Waals surface area contributed by atoms with Gasteiger partial charge in [-0.3, -0.25) is 0 Å². The van der Waals surface area contributed by atoms with Gasteiger partial charge in [0.15, 0.2) is 10.4 Å². The molecule has 0 amide bonds. The summed E-state index contributed by atoms with van der Waals surface area (Å²) in [5.41, 5.74) is 0.926. The molecule has 1 atom stereocenters. The van der Waals surface area contributed by atoms with Crippen molar-refractivity contribution in [3.63, 3.8) is 0 Å². The normalized spacial score (nSPS) is 12.2. The predicted octanol–water partition coefficient (Wildman–Crippen LogP) is 3.08. The molecule has 0 aliphatic rings. The van der Waals surface area contributed by atoms with Crippen LogP contribution in [0.1, 0.15) is 34.8 Å². The van der Waals surface area contributed by atoms with E-state index < -0.39 is 12.1 Å². The van der Waals surface area contributed by atoms with Gasteiger partial charge in [0.05, 0.1) is 12.3 Å². The molecule has 0 unspecified atom stereocenters. The van der Waals surface area contributed by atoms with Crippen LogP contribution in [0, 0.1) is 0 Å². The van der Waals surface area contributed by atoms with Crippen LogP contribution in [-0.4, -0.2) is 27.7 Å². The number of nitrogens with zero attached hydrogens (tertiary/aromatic N) is 1. The number of carbonyl (C=O) groups is 1. The number of aliphatic hydroxyl groups is 1. The van der Waals surface area contributed by atoms with Crippen molar-refractivity contribution in [1.82, 2.24) is 9.97 Å². The van der Waals surface area contributed by atoms with E-state index >= 15 is 0 Å². The molecule has 0 aliphatic heterocycles. The molecule has 1 heterocycles. The second kappa shape index (κ2) is 6.39. The lowest BCUT2D eigenvalue weighted by molar-refractivity contribution is 0.0514. The average Bonchev–Trinajstić information content (AvgIpc) is 2.81. The maximum absolute atomic E-state index is 11.8. The predicted molar refractivity (Wildman–Crippen MR) is 77.8 cm³/mol. The number of aromatic nitrogens is 2. The summed E-state index contributed by atoms with van der Waals surface area (Å²) >= 11 is 8.95. The highest BCUT2D eigenvalue weighted by Gasteiger charge is 2.24. The largest absolute Gasteiger partial charge is 0.461 e. The van der Waals surface area contributed by atoms with Crippen LogP contribution in [-0.2, 0) is 4.74 Å². The quantitative estimate of drug-likeness (QED) is 0.823. The Bertz CT molecular complexity index is 613. The number of H-pyrrole nitrogens is 1. The molecule has 1 aromatic carbocycles. The second-order valence-electron chi connectivity index (χ2n) is 3.96. The molecule has 0 spiro atoms. The van der Waals surface area contributed by atoms with Crippen molar-refractivity contribution in [2.75, 3.05) is 6.61 Å². The van der Waals surface area contributed by atoms with E-state index in [1.807, 2.05) is 0 Å². The maximum atomic E-state index is 11.8. The van der Waals surface area contributed by atoms with Crippen LogP contribution in [0.5, 0.6) is 0 Å². The first-order chi connectivity index (χ1) is 9.52. The number of carbonyl (C=O) groups excluding carboxylic acids is 1. The van der Waals surface area contributed by atoms with E-state index in [-0.39, 0.29) is 18.0 Å². The molecule has 0 aliphatic carbocycles. The zero-order valence-corrected chi connectivity index (χ0v) is 12.9. The smallest absolute Gasteiger partial charge is 0.358 e. The minimum Gasteiger partial charge on any atom is -0.461 e. The Morgan fingerprint density at radius 3 is 2.75 bits per heavy atom. The molecule has 1 aromatic heterocycles. The summed E-state index contributed by atoms with van der Waals surface area (Å²) in [6.07, 6.45) is -1.02. The van der Waals surface area contributed by atoms with Gasteiger partial charge in [-0.25, -0.2) is 9.78 Å². The molecule has 0 saturated carbocycles. The first-order valence-electron chi connectivity index (χ1n) is 5.89. The Balaban J connectivity index is 2.36. The monoisotopic (exact) mass is 358 g/mol. The maximum Gasteiger partial charge on any atom is 0.358 e. The molecule has 0 bridgehead atoms. The molecule has 0 radical (unpaired) electrons. The summed E-state index contributed by atoms with van der Waals surface area (Å²) in [6, 6.07) is 6.68. The third kappa shape index (κ3) is 3.20. The van der Waals surface area contributed by atoms with Crippen LogP contribution in [0.3, 0.4) is 0 Å². The van der Waals surface area contributed by atoms with Crippen LogP contribution < -0.4 is 0 Å². The van der Waals surface area contributed by atoms with Crippen molar-refractivity contribution in [3.8, 4) is 0 Å². The van der Waals surface area contributed by atoms with Gasteiger partial charge in [-0.05, 0) is 40.5 Å². The highest BCUT2D eigenvalue weighted by molar-refractivity contribution is 9.10. The SMILES string of the molecule is CCOC(=O)c1nc(Br)[nH]c1[C@@H](O)c1ccc(Cl)cc1. The molecule has 2 aromatic rings. The van der Waals surface area contributed by atoms with Crippen molar-refractivity contribution in [1.29, 1.82) is 0 Å². The van der Waals surface area contributed by atoms with E-state index in [0.29, 0.717) is 15.3 Å². The minimum atomic E-state index is -1.02. The van der Waals surface area contributed by atoms with Crippen LogP contribution in [0.15, 0.2) is 29.0 Å². The van der Waals surface area contributed by atoms with Crippen molar-refractivity contribution >= 4 is 33.5 Å². The lowest BCUT2D eigenvalue weighted by atomic mass is 10.1. The Labute approximate surface area is 129 Å². The van der Waals surface area contributed by atoms with E-state index in [0.717, 1.165) is 0 Å². The van der Waals surface area contributed by atoms with Crippen molar-refractivity contribution in [3.05, 3.63) is 51.0 Å². The number of ether oxygens (including phenoxy) is 1. The summed E-state index contributed by atoms with van der Waals surface area (Å²) in [4.78, 5) is 18.6. The lowest BCUT2D eigenvalue weighted by Crippen LogP contribution is -2.11. The zero-order valence-electron chi connectivity index (χ0n) is 10.6. The van der Waals surface area contributed by atoms with Crippen molar-refractivity contribution in [2.45, 2.75) is 13.0 Å². The molecule has 0 saturated heterocycles. The van der Waals surface area contributed by atoms with E-state index in [4.69, 9.17) is 16.3 Å². The van der Waals surface area contributed by atoms with Gasteiger partial charge in [-0.15, -0.1) is 0 Å². The van der Waals surface area contributed by atoms with Crippen molar-refractivity contribution in [2.24, 2.45) is 0 Å². The van der Waals surface area contributed by atoms with Crippen LogP contribution >= 0.6 is 27.5 Å². The number of benzene rings is 1. The van der Waals surface area contributed by atoms with Gasteiger partial charge in [0.1, 0.15) is 6.10 Å². The van der Waals surface area contributed by atoms with Gasteiger partial charge in [0, 0.05) is 5.02 Å². The highest BCUT2D eigenvalue weighted by Crippen LogP contribution is 2.26. The standard InChI is InChI=1S/C13H12BrClN2O3/c1-2-20-12(19)10-9(16-13(14)17-10)11(18)7-3-5-8(15)6-4-7/h3-6,11,18H,2H2,1H3,(H,16,17)/t11-/m0/s1. The van der Waals surface area contributed by atoms with E-state index in [9.17, 15) is 9.90 Å². The average molecular weight is 360 g/mol. The molecule has 20 heavy (non-hydrogen) atoms. The van der Waals surface area contributed by atoms with E-state index in [1.54, 1.807) is 31.2 Å². The number of nitrogens with one attached hydrogen (secondary N) is 1. The first-order valence-corrected chi connectivity index (χ1v) is 7.06. The fourth-order valence-corrected chi connectivity index (χ4v) is 2.24. The summed E-state index contributed by atoms with van der Waals surface area (Å²) < 4.78 is 5.26. The topological polar surface area (TPSA) is 75.2 Å². The summed E-state index contributed by atoms with van der Waals surface area (Å²) in [5.74, 6) is -0.586. The number of halogens is 2. The minimum absolute atomic E-state index is 0.0566. The summed E-state index contributed by atoms with van der Waals surface area (Å²) in [7, 11) is 0.